The largest absolute Gasteiger partial charge is 0.369 e. The summed E-state index contributed by atoms with van der Waals surface area (Å²) in [5, 5.41) is 3.48. The van der Waals surface area contributed by atoms with Crippen molar-refractivity contribution in [3.63, 3.8) is 0 Å². The van der Waals surface area contributed by atoms with Gasteiger partial charge >= 0.3 is 0 Å². The van der Waals surface area contributed by atoms with E-state index in [-0.39, 0.29) is 0 Å². The molecule has 1 aromatic carbocycles. The molecule has 2 nitrogen and oxygen atoms in total. The molecular weight excluding hydrogens is 196 g/mol. The maximum absolute atomic E-state index is 3.48. The Morgan fingerprint density at radius 3 is 3.06 bits per heavy atom. The fraction of sp³-hybridized carbons (Fsp3) is 0.429. The van der Waals surface area contributed by atoms with Crippen LogP contribution in [0.2, 0.25) is 0 Å². The van der Waals surface area contributed by atoms with Gasteiger partial charge in [0.05, 0.1) is 0 Å². The van der Waals surface area contributed by atoms with E-state index in [2.05, 4.69) is 46.8 Å². The molecule has 2 aliphatic heterocycles. The van der Waals surface area contributed by atoms with Crippen LogP contribution in [0.5, 0.6) is 0 Å². The molecule has 1 fully saturated rings. The van der Waals surface area contributed by atoms with Crippen molar-refractivity contribution in [2.24, 2.45) is 0 Å². The molecule has 1 atom stereocenters. The van der Waals surface area contributed by atoms with E-state index >= 15 is 0 Å². The van der Waals surface area contributed by atoms with Crippen LogP contribution in [0.3, 0.4) is 0 Å². The molecule has 0 unspecified atom stereocenters. The Labute approximate surface area is 97.0 Å². The summed E-state index contributed by atoms with van der Waals surface area (Å²) in [6, 6.07) is 9.36. The summed E-state index contributed by atoms with van der Waals surface area (Å²) in [5.41, 5.74) is 2.83. The van der Waals surface area contributed by atoms with Crippen molar-refractivity contribution in [3.05, 3.63) is 41.6 Å². The van der Waals surface area contributed by atoms with E-state index in [1.807, 2.05) is 0 Å². The second-order valence-corrected chi connectivity index (χ2v) is 4.69. The van der Waals surface area contributed by atoms with Gasteiger partial charge in [-0.2, -0.15) is 0 Å². The molecule has 2 aliphatic rings. The monoisotopic (exact) mass is 214 g/mol. The molecule has 0 saturated carbocycles. The summed E-state index contributed by atoms with van der Waals surface area (Å²) in [7, 11) is 0. The molecule has 0 bridgehead atoms. The first-order chi connectivity index (χ1) is 7.93. The van der Waals surface area contributed by atoms with Crippen LogP contribution < -0.4 is 5.32 Å². The van der Waals surface area contributed by atoms with E-state index in [1.54, 1.807) is 0 Å². The van der Waals surface area contributed by atoms with E-state index in [4.69, 9.17) is 0 Å². The number of nitrogens with one attached hydrogen (secondary N) is 1. The summed E-state index contributed by atoms with van der Waals surface area (Å²) in [6.07, 6.45) is 7.13. The first-order valence-corrected chi connectivity index (χ1v) is 6.16. The highest BCUT2D eigenvalue weighted by Crippen LogP contribution is 2.23. The molecule has 0 amide bonds. The Hall–Kier alpha value is -1.28. The van der Waals surface area contributed by atoms with Crippen LogP contribution >= 0.6 is 0 Å². The van der Waals surface area contributed by atoms with Crippen molar-refractivity contribution in [2.45, 2.75) is 25.4 Å². The van der Waals surface area contributed by atoms with Gasteiger partial charge in [-0.25, -0.2) is 0 Å². The minimum absolute atomic E-state index is 0.679. The Kier molecular flexibility index (Phi) is 2.66. The van der Waals surface area contributed by atoms with Gasteiger partial charge in [0.15, 0.2) is 0 Å². The fourth-order valence-electron chi connectivity index (χ4n) is 2.63. The highest BCUT2D eigenvalue weighted by molar-refractivity contribution is 5.55. The number of fused-ring (bicyclic) bond motifs is 1. The van der Waals surface area contributed by atoms with E-state index in [1.165, 1.54) is 30.5 Å². The summed E-state index contributed by atoms with van der Waals surface area (Å²) >= 11 is 0. The third kappa shape index (κ3) is 1.85. The number of nitrogens with zero attached hydrogens (tertiary/aromatic N) is 1. The lowest BCUT2D eigenvalue weighted by atomic mass is 10.0. The number of rotatable bonds is 1. The second-order valence-electron chi connectivity index (χ2n) is 4.69. The Balaban J connectivity index is 1.77. The van der Waals surface area contributed by atoms with Gasteiger partial charge in [-0.05, 0) is 36.6 Å². The third-order valence-electron chi connectivity index (χ3n) is 3.59. The van der Waals surface area contributed by atoms with Gasteiger partial charge in [0.25, 0.3) is 0 Å². The van der Waals surface area contributed by atoms with Gasteiger partial charge in [-0.3, -0.25) is 0 Å². The van der Waals surface area contributed by atoms with Crippen LogP contribution in [-0.2, 0) is 6.54 Å². The molecule has 1 saturated heterocycles. The molecule has 2 heterocycles. The second kappa shape index (κ2) is 4.30. The Morgan fingerprint density at radius 2 is 2.19 bits per heavy atom. The number of hydrogen-bond donors (Lipinski definition) is 1. The number of piperidine rings is 1. The average molecular weight is 214 g/mol. The fourth-order valence-corrected chi connectivity index (χ4v) is 2.63. The minimum atomic E-state index is 0.679. The molecule has 3 rings (SSSR count). The van der Waals surface area contributed by atoms with Crippen molar-refractivity contribution >= 4 is 6.08 Å². The van der Waals surface area contributed by atoms with Crippen molar-refractivity contribution < 1.29 is 0 Å². The van der Waals surface area contributed by atoms with Crippen molar-refractivity contribution in [3.8, 4) is 0 Å². The summed E-state index contributed by atoms with van der Waals surface area (Å²) < 4.78 is 0. The predicted molar refractivity (Wildman–Crippen MR) is 66.9 cm³/mol. The standard InChI is InChI=1S/C14H18N2/c1-2-5-13-11-16(9-7-12(13)4-1)14-6-3-8-15-10-14/h1-2,4-5,7,9,14-15H,3,6,8,10-11H2/t14-/m0/s1. The van der Waals surface area contributed by atoms with Gasteiger partial charge in [-0.1, -0.05) is 24.3 Å². The molecule has 2 heteroatoms. The van der Waals surface area contributed by atoms with E-state index in [9.17, 15) is 0 Å². The molecule has 1 N–H and O–H groups in total. The van der Waals surface area contributed by atoms with E-state index in [0.29, 0.717) is 6.04 Å². The van der Waals surface area contributed by atoms with Crippen molar-refractivity contribution in [2.75, 3.05) is 13.1 Å². The first kappa shape index (κ1) is 9.91. The van der Waals surface area contributed by atoms with Gasteiger partial charge in [-0.15, -0.1) is 0 Å². The minimum Gasteiger partial charge on any atom is -0.369 e. The maximum Gasteiger partial charge on any atom is 0.0433 e. The Morgan fingerprint density at radius 1 is 1.25 bits per heavy atom. The molecule has 84 valence electrons. The maximum atomic E-state index is 3.48. The molecule has 0 aromatic heterocycles. The van der Waals surface area contributed by atoms with Crippen molar-refractivity contribution in [1.82, 2.24) is 10.2 Å². The van der Waals surface area contributed by atoms with Crippen LogP contribution in [0.4, 0.5) is 0 Å². The zero-order valence-electron chi connectivity index (χ0n) is 9.52. The predicted octanol–water partition coefficient (Wildman–Crippen LogP) is 2.22. The van der Waals surface area contributed by atoms with Gasteiger partial charge in [0.2, 0.25) is 0 Å². The van der Waals surface area contributed by atoms with Crippen LogP contribution in [-0.4, -0.2) is 24.0 Å². The quantitative estimate of drug-likeness (QED) is 0.771. The van der Waals surface area contributed by atoms with Crippen LogP contribution in [0.15, 0.2) is 30.5 Å². The van der Waals surface area contributed by atoms with Crippen molar-refractivity contribution in [1.29, 1.82) is 0 Å². The van der Waals surface area contributed by atoms with Gasteiger partial charge < -0.3 is 10.2 Å². The SMILES string of the molecule is C1=CN([C@H]2CCCNC2)Cc2ccccc21. The molecular formula is C14H18N2. The van der Waals surface area contributed by atoms with Crippen LogP contribution in [0.25, 0.3) is 6.08 Å². The van der Waals surface area contributed by atoms with E-state index in [0.717, 1.165) is 13.1 Å². The molecule has 16 heavy (non-hydrogen) atoms. The number of benzene rings is 1. The smallest absolute Gasteiger partial charge is 0.0433 e. The van der Waals surface area contributed by atoms with E-state index < -0.39 is 0 Å². The highest BCUT2D eigenvalue weighted by atomic mass is 15.2. The van der Waals surface area contributed by atoms with Gasteiger partial charge in [0, 0.05) is 25.3 Å². The highest BCUT2D eigenvalue weighted by Gasteiger charge is 2.20. The van der Waals surface area contributed by atoms with Crippen LogP contribution in [0, 0.1) is 0 Å². The first-order valence-electron chi connectivity index (χ1n) is 6.16. The third-order valence-corrected chi connectivity index (χ3v) is 3.59. The molecule has 0 spiro atoms. The zero-order chi connectivity index (χ0) is 10.8. The summed E-state index contributed by atoms with van der Waals surface area (Å²) in [4.78, 5) is 2.48. The van der Waals surface area contributed by atoms with Crippen LogP contribution in [0.1, 0.15) is 24.0 Å². The lowest BCUT2D eigenvalue weighted by Crippen LogP contribution is -2.43. The van der Waals surface area contributed by atoms with Gasteiger partial charge in [0.1, 0.15) is 0 Å². The zero-order valence-corrected chi connectivity index (χ0v) is 9.52. The number of hydrogen-bond acceptors (Lipinski definition) is 2. The lowest BCUT2D eigenvalue weighted by Gasteiger charge is -2.36. The summed E-state index contributed by atoms with van der Waals surface area (Å²) in [6.45, 7) is 3.39. The topological polar surface area (TPSA) is 15.3 Å². The average Bonchev–Trinajstić information content (AvgIpc) is 2.39. The molecule has 0 radical (unpaired) electrons. The normalized spacial score (nSPS) is 24.2. The molecule has 0 aliphatic carbocycles. The molecule has 1 aromatic rings. The Bertz CT molecular complexity index is 391. The summed E-state index contributed by atoms with van der Waals surface area (Å²) in [5.74, 6) is 0. The lowest BCUT2D eigenvalue weighted by molar-refractivity contribution is 0.222.